The monoisotopic (exact) mass is 271 g/mol. The molecule has 4 heteroatoms. The maximum absolute atomic E-state index is 5.69. The maximum atomic E-state index is 5.69. The molecule has 12 heavy (non-hydrogen) atoms. The maximum Gasteiger partial charge on any atom is 0.160 e. The Morgan fingerprint density at radius 1 is 1.42 bits per heavy atom. The normalized spacial score (nSPS) is 10.4. The predicted octanol–water partition coefficient (Wildman–Crippen LogP) is 1.82. The molecule has 0 amide bonds. The first kappa shape index (κ1) is 7.72. The SMILES string of the molecule is Nc1cc2cccnc2nc1I. The van der Waals surface area contributed by atoms with Gasteiger partial charge in [-0.15, -0.1) is 0 Å². The highest BCUT2D eigenvalue weighted by Gasteiger charge is 1.99. The van der Waals surface area contributed by atoms with Crippen LogP contribution in [-0.4, -0.2) is 9.97 Å². The Kier molecular flexibility index (Phi) is 1.84. The molecule has 0 aromatic carbocycles. The number of nitrogen functional groups attached to an aromatic ring is 1. The van der Waals surface area contributed by atoms with Gasteiger partial charge in [-0.1, -0.05) is 0 Å². The summed E-state index contributed by atoms with van der Waals surface area (Å²) in [6, 6.07) is 5.70. The summed E-state index contributed by atoms with van der Waals surface area (Å²) in [4.78, 5) is 8.34. The van der Waals surface area contributed by atoms with Gasteiger partial charge in [0.15, 0.2) is 5.65 Å². The molecule has 2 heterocycles. The van der Waals surface area contributed by atoms with Gasteiger partial charge in [0.2, 0.25) is 0 Å². The van der Waals surface area contributed by atoms with E-state index in [0.29, 0.717) is 5.69 Å². The van der Waals surface area contributed by atoms with Gasteiger partial charge in [0.25, 0.3) is 0 Å². The number of halogens is 1. The Bertz CT molecular complexity index is 387. The number of hydrogen-bond acceptors (Lipinski definition) is 3. The summed E-state index contributed by atoms with van der Waals surface area (Å²) in [6.07, 6.45) is 1.72. The first-order valence-corrected chi connectivity index (χ1v) is 4.52. The first-order valence-electron chi connectivity index (χ1n) is 3.44. The van der Waals surface area contributed by atoms with Crippen molar-refractivity contribution >= 4 is 39.3 Å². The van der Waals surface area contributed by atoms with Crippen molar-refractivity contribution in [3.05, 3.63) is 28.1 Å². The van der Waals surface area contributed by atoms with E-state index >= 15 is 0 Å². The summed E-state index contributed by atoms with van der Waals surface area (Å²) in [5.74, 6) is 0. The molecule has 0 radical (unpaired) electrons. The third-order valence-electron chi connectivity index (χ3n) is 1.57. The van der Waals surface area contributed by atoms with E-state index in [2.05, 4.69) is 32.6 Å². The second-order valence-electron chi connectivity index (χ2n) is 2.42. The molecule has 0 aliphatic heterocycles. The lowest BCUT2D eigenvalue weighted by Gasteiger charge is -1.99. The molecule has 0 aliphatic rings. The van der Waals surface area contributed by atoms with Crippen LogP contribution in [0.25, 0.3) is 11.0 Å². The fourth-order valence-corrected chi connectivity index (χ4v) is 1.38. The molecular formula is C8H6IN3. The van der Waals surface area contributed by atoms with E-state index in [9.17, 15) is 0 Å². The van der Waals surface area contributed by atoms with Gasteiger partial charge in [0.05, 0.1) is 5.69 Å². The third-order valence-corrected chi connectivity index (χ3v) is 2.43. The summed E-state index contributed by atoms with van der Waals surface area (Å²) >= 11 is 2.10. The second-order valence-corrected chi connectivity index (χ2v) is 3.44. The molecule has 0 spiro atoms. The van der Waals surface area contributed by atoms with Gasteiger partial charge >= 0.3 is 0 Å². The summed E-state index contributed by atoms with van der Waals surface area (Å²) in [6.45, 7) is 0. The predicted molar refractivity (Wildman–Crippen MR) is 56.7 cm³/mol. The summed E-state index contributed by atoms with van der Waals surface area (Å²) in [5, 5.41) is 0.982. The van der Waals surface area contributed by atoms with Crippen LogP contribution in [0.5, 0.6) is 0 Å². The molecule has 2 aromatic heterocycles. The van der Waals surface area contributed by atoms with E-state index in [-0.39, 0.29) is 0 Å². The van der Waals surface area contributed by atoms with Gasteiger partial charge in [0.1, 0.15) is 3.70 Å². The number of aromatic nitrogens is 2. The minimum absolute atomic E-state index is 0.705. The number of nitrogens with zero attached hydrogens (tertiary/aromatic N) is 2. The van der Waals surface area contributed by atoms with Gasteiger partial charge in [-0.2, -0.15) is 0 Å². The minimum Gasteiger partial charge on any atom is -0.397 e. The molecule has 0 saturated carbocycles. The largest absolute Gasteiger partial charge is 0.397 e. The molecule has 2 N–H and O–H groups in total. The Morgan fingerprint density at radius 3 is 3.08 bits per heavy atom. The van der Waals surface area contributed by atoms with E-state index in [0.717, 1.165) is 14.7 Å². The molecule has 60 valence electrons. The Balaban J connectivity index is 2.84. The van der Waals surface area contributed by atoms with Crippen LogP contribution >= 0.6 is 22.6 Å². The number of fused-ring (bicyclic) bond motifs is 1. The van der Waals surface area contributed by atoms with Crippen LogP contribution in [0.15, 0.2) is 24.4 Å². The van der Waals surface area contributed by atoms with Gasteiger partial charge in [0, 0.05) is 11.6 Å². The number of nitrogens with two attached hydrogens (primary N) is 1. The fourth-order valence-electron chi connectivity index (χ4n) is 1.00. The highest BCUT2D eigenvalue weighted by molar-refractivity contribution is 14.1. The summed E-state index contributed by atoms with van der Waals surface area (Å²) < 4.78 is 0.804. The van der Waals surface area contributed by atoms with Crippen molar-refractivity contribution in [2.24, 2.45) is 0 Å². The molecule has 0 fully saturated rings. The molecular weight excluding hydrogens is 265 g/mol. The van der Waals surface area contributed by atoms with Crippen molar-refractivity contribution in [3.63, 3.8) is 0 Å². The molecule has 0 aliphatic carbocycles. The van der Waals surface area contributed by atoms with Gasteiger partial charge in [-0.05, 0) is 40.8 Å². The van der Waals surface area contributed by atoms with Gasteiger partial charge in [-0.3, -0.25) is 0 Å². The molecule has 0 atom stereocenters. The van der Waals surface area contributed by atoms with Crippen LogP contribution < -0.4 is 5.73 Å². The van der Waals surface area contributed by atoms with Crippen molar-refractivity contribution in [1.29, 1.82) is 0 Å². The van der Waals surface area contributed by atoms with Crippen LogP contribution in [-0.2, 0) is 0 Å². The van der Waals surface area contributed by atoms with Gasteiger partial charge in [-0.25, -0.2) is 9.97 Å². The second kappa shape index (κ2) is 2.85. The van der Waals surface area contributed by atoms with Crippen molar-refractivity contribution < 1.29 is 0 Å². The molecule has 2 aromatic rings. The average molecular weight is 271 g/mol. The number of pyridine rings is 2. The lowest BCUT2D eigenvalue weighted by atomic mass is 10.3. The van der Waals surface area contributed by atoms with E-state index in [1.807, 2.05) is 18.2 Å². The van der Waals surface area contributed by atoms with Crippen LogP contribution in [0.3, 0.4) is 0 Å². The molecule has 0 unspecified atom stereocenters. The van der Waals surface area contributed by atoms with E-state index in [1.54, 1.807) is 6.20 Å². The number of rotatable bonds is 0. The van der Waals surface area contributed by atoms with Gasteiger partial charge < -0.3 is 5.73 Å². The van der Waals surface area contributed by atoms with Crippen LogP contribution in [0.4, 0.5) is 5.69 Å². The lowest BCUT2D eigenvalue weighted by Crippen LogP contribution is -1.94. The van der Waals surface area contributed by atoms with E-state index in [1.165, 1.54) is 0 Å². The number of hydrogen-bond donors (Lipinski definition) is 1. The molecule has 3 nitrogen and oxygen atoms in total. The lowest BCUT2D eigenvalue weighted by molar-refractivity contribution is 1.26. The van der Waals surface area contributed by atoms with Crippen molar-refractivity contribution in [1.82, 2.24) is 9.97 Å². The van der Waals surface area contributed by atoms with Crippen LogP contribution in [0.2, 0.25) is 0 Å². The fraction of sp³-hybridized carbons (Fsp3) is 0. The first-order chi connectivity index (χ1) is 5.77. The topological polar surface area (TPSA) is 51.8 Å². The summed E-state index contributed by atoms with van der Waals surface area (Å²) in [5.41, 5.74) is 7.14. The number of anilines is 1. The standard InChI is InChI=1S/C8H6IN3/c9-7-6(10)4-5-2-1-3-11-8(5)12-7/h1-4H,10H2. The smallest absolute Gasteiger partial charge is 0.160 e. The Hall–Kier alpha value is -0.910. The van der Waals surface area contributed by atoms with Crippen molar-refractivity contribution in [2.75, 3.05) is 5.73 Å². The zero-order valence-electron chi connectivity index (χ0n) is 6.16. The summed E-state index contributed by atoms with van der Waals surface area (Å²) in [7, 11) is 0. The molecule has 0 saturated heterocycles. The van der Waals surface area contributed by atoms with Crippen molar-refractivity contribution in [3.8, 4) is 0 Å². The van der Waals surface area contributed by atoms with E-state index in [4.69, 9.17) is 5.73 Å². The van der Waals surface area contributed by atoms with Crippen LogP contribution in [0.1, 0.15) is 0 Å². The van der Waals surface area contributed by atoms with Crippen LogP contribution in [0, 0.1) is 3.70 Å². The zero-order chi connectivity index (χ0) is 8.55. The minimum atomic E-state index is 0.705. The molecule has 2 rings (SSSR count). The highest BCUT2D eigenvalue weighted by Crippen LogP contribution is 2.17. The van der Waals surface area contributed by atoms with Crippen molar-refractivity contribution in [2.45, 2.75) is 0 Å². The third kappa shape index (κ3) is 1.22. The van der Waals surface area contributed by atoms with E-state index < -0.39 is 0 Å². The average Bonchev–Trinajstić information content (AvgIpc) is 2.07. The Labute approximate surface area is 83.2 Å². The highest BCUT2D eigenvalue weighted by atomic mass is 127. The zero-order valence-corrected chi connectivity index (χ0v) is 8.32. The molecule has 0 bridgehead atoms. The quantitative estimate of drug-likeness (QED) is 0.587. The Morgan fingerprint density at radius 2 is 2.25 bits per heavy atom.